The minimum Gasteiger partial charge on any atom is -0.400 e. The third-order valence-corrected chi connectivity index (χ3v) is 6.25. The van der Waals surface area contributed by atoms with E-state index in [4.69, 9.17) is 9.31 Å². The van der Waals surface area contributed by atoms with Gasteiger partial charge in [0.05, 0.1) is 11.2 Å². The fourth-order valence-corrected chi connectivity index (χ4v) is 3.92. The summed E-state index contributed by atoms with van der Waals surface area (Å²) in [4.78, 5) is 0. The zero-order chi connectivity index (χ0) is 17.7. The maximum atomic E-state index is 6.20. The highest BCUT2D eigenvalue weighted by atomic mass is 16.7. The predicted octanol–water partition coefficient (Wildman–Crippen LogP) is 5.12. The molecule has 0 bridgehead atoms. The Bertz CT molecular complexity index is 730. The van der Waals surface area contributed by atoms with Gasteiger partial charge in [-0.3, -0.25) is 0 Å². The van der Waals surface area contributed by atoms with Crippen molar-refractivity contribution in [3.8, 4) is 0 Å². The van der Waals surface area contributed by atoms with Crippen molar-refractivity contribution in [2.75, 3.05) is 0 Å². The molecule has 3 aliphatic carbocycles. The highest BCUT2D eigenvalue weighted by molar-refractivity contribution is 6.54. The lowest BCUT2D eigenvalue weighted by molar-refractivity contribution is 0.00578. The molecule has 3 heteroatoms. The summed E-state index contributed by atoms with van der Waals surface area (Å²) in [6.45, 7) is 8.44. The summed E-state index contributed by atoms with van der Waals surface area (Å²) >= 11 is 0. The molecule has 130 valence electrons. The van der Waals surface area contributed by atoms with Crippen LogP contribution in [0.2, 0.25) is 0 Å². The zero-order valence-electron chi connectivity index (χ0n) is 15.7. The smallest absolute Gasteiger partial charge is 0.400 e. The van der Waals surface area contributed by atoms with E-state index in [1.54, 1.807) is 0 Å². The highest BCUT2D eigenvalue weighted by Gasteiger charge is 2.52. The van der Waals surface area contributed by atoms with Crippen LogP contribution in [0, 0.1) is 11.8 Å². The fourth-order valence-electron chi connectivity index (χ4n) is 3.92. The average Bonchev–Trinajstić information content (AvgIpc) is 2.82. The van der Waals surface area contributed by atoms with Crippen molar-refractivity contribution in [1.29, 1.82) is 0 Å². The summed E-state index contributed by atoms with van der Waals surface area (Å²) in [5.74, 6) is 0.979. The molecule has 0 spiro atoms. The van der Waals surface area contributed by atoms with Crippen LogP contribution in [-0.2, 0) is 9.31 Å². The van der Waals surface area contributed by atoms with E-state index in [0.29, 0.717) is 11.8 Å². The van der Waals surface area contributed by atoms with Gasteiger partial charge in [-0.2, -0.15) is 0 Å². The van der Waals surface area contributed by atoms with E-state index >= 15 is 0 Å². The summed E-state index contributed by atoms with van der Waals surface area (Å²) < 4.78 is 12.4. The molecule has 1 aliphatic heterocycles. The van der Waals surface area contributed by atoms with Crippen LogP contribution in [0.25, 0.3) is 0 Å². The molecule has 0 radical (unpaired) electrons. The molecule has 4 aliphatic rings. The Hall–Kier alpha value is -1.58. The monoisotopic (exact) mass is 334 g/mol. The third kappa shape index (κ3) is 2.94. The second kappa shape index (κ2) is 6.00. The van der Waals surface area contributed by atoms with E-state index < -0.39 is 0 Å². The fraction of sp³-hybridized carbons (Fsp3) is 0.455. The molecule has 1 fully saturated rings. The Morgan fingerprint density at radius 2 is 1.52 bits per heavy atom. The first-order valence-corrected chi connectivity index (χ1v) is 9.36. The average molecular weight is 334 g/mol. The van der Waals surface area contributed by atoms with Crippen LogP contribution in [0.5, 0.6) is 0 Å². The van der Waals surface area contributed by atoms with E-state index in [2.05, 4.69) is 82.4 Å². The molecule has 0 saturated carbocycles. The molecular formula is C22H27BO2. The van der Waals surface area contributed by atoms with Gasteiger partial charge in [0.25, 0.3) is 0 Å². The number of allylic oxidation sites excluding steroid dienone is 12. The standard InChI is InChI=1S/C22H27BO2/c1-21(2)22(3,4)25-23(24-21)18-14-12-17(13-15-18)20-11-7-9-16-8-5-6-10-19(16)20/h5-12,14,16,19H,13,15H2,1-4H3. The molecule has 0 aromatic heterocycles. The van der Waals surface area contributed by atoms with Gasteiger partial charge in [-0.25, -0.2) is 0 Å². The second-order valence-corrected chi connectivity index (χ2v) is 8.40. The van der Waals surface area contributed by atoms with Crippen molar-refractivity contribution in [3.05, 3.63) is 71.3 Å². The van der Waals surface area contributed by atoms with Crippen LogP contribution in [0.1, 0.15) is 40.5 Å². The first-order chi connectivity index (χ1) is 11.9. The van der Waals surface area contributed by atoms with Crippen molar-refractivity contribution in [2.45, 2.75) is 51.7 Å². The van der Waals surface area contributed by atoms with Crippen LogP contribution >= 0.6 is 0 Å². The lowest BCUT2D eigenvalue weighted by Gasteiger charge is -2.32. The van der Waals surface area contributed by atoms with Crippen molar-refractivity contribution in [2.24, 2.45) is 11.8 Å². The Morgan fingerprint density at radius 1 is 0.840 bits per heavy atom. The minimum absolute atomic E-state index is 0.215. The van der Waals surface area contributed by atoms with Crippen molar-refractivity contribution < 1.29 is 9.31 Å². The summed E-state index contributed by atoms with van der Waals surface area (Å²) in [7, 11) is -0.215. The molecule has 0 amide bonds. The maximum Gasteiger partial charge on any atom is 0.490 e. The normalized spacial score (nSPS) is 32.2. The van der Waals surface area contributed by atoms with Gasteiger partial charge in [0.1, 0.15) is 0 Å². The minimum atomic E-state index is -0.272. The number of hydrogen-bond donors (Lipinski definition) is 0. The highest BCUT2D eigenvalue weighted by Crippen LogP contribution is 2.42. The first-order valence-electron chi connectivity index (χ1n) is 9.36. The molecule has 0 aromatic rings. The predicted molar refractivity (Wildman–Crippen MR) is 104 cm³/mol. The Kier molecular flexibility index (Phi) is 4.05. The van der Waals surface area contributed by atoms with Gasteiger partial charge in [-0.1, -0.05) is 54.7 Å². The van der Waals surface area contributed by atoms with Gasteiger partial charge in [0.15, 0.2) is 0 Å². The molecule has 2 atom stereocenters. The first kappa shape index (κ1) is 16.9. The summed E-state index contributed by atoms with van der Waals surface area (Å²) in [6, 6.07) is 0. The van der Waals surface area contributed by atoms with Gasteiger partial charge in [0, 0.05) is 11.8 Å². The lowest BCUT2D eigenvalue weighted by atomic mass is 9.70. The number of rotatable bonds is 2. The maximum absolute atomic E-state index is 6.20. The Labute approximate surface area is 151 Å². The summed E-state index contributed by atoms with van der Waals surface area (Å²) in [5.41, 5.74) is 3.61. The van der Waals surface area contributed by atoms with E-state index in [1.807, 2.05) is 0 Å². The van der Waals surface area contributed by atoms with Crippen LogP contribution in [-0.4, -0.2) is 18.3 Å². The Balaban J connectivity index is 1.54. The van der Waals surface area contributed by atoms with E-state index in [9.17, 15) is 0 Å². The SMILES string of the molecule is CC1(C)OB(C2=CC=C(C3=CC=CC4C=CC=CC34)CC2)OC1(C)C. The van der Waals surface area contributed by atoms with Gasteiger partial charge in [-0.15, -0.1) is 0 Å². The van der Waals surface area contributed by atoms with Crippen molar-refractivity contribution >= 4 is 7.12 Å². The summed E-state index contributed by atoms with van der Waals surface area (Å²) in [6.07, 6.45) is 22.3. The molecule has 0 N–H and O–H groups in total. The number of hydrogen-bond acceptors (Lipinski definition) is 2. The molecular weight excluding hydrogens is 307 g/mol. The summed E-state index contributed by atoms with van der Waals surface area (Å²) in [5, 5.41) is 0. The van der Waals surface area contributed by atoms with Crippen LogP contribution in [0.3, 0.4) is 0 Å². The Morgan fingerprint density at radius 3 is 2.20 bits per heavy atom. The van der Waals surface area contributed by atoms with Crippen molar-refractivity contribution in [1.82, 2.24) is 0 Å². The van der Waals surface area contributed by atoms with Gasteiger partial charge >= 0.3 is 7.12 Å². The van der Waals surface area contributed by atoms with Crippen LogP contribution in [0.15, 0.2) is 71.3 Å². The molecule has 2 unspecified atom stereocenters. The van der Waals surface area contributed by atoms with Gasteiger partial charge < -0.3 is 9.31 Å². The molecule has 1 heterocycles. The number of fused-ring (bicyclic) bond motifs is 1. The van der Waals surface area contributed by atoms with E-state index in [-0.39, 0.29) is 18.3 Å². The van der Waals surface area contributed by atoms with E-state index in [1.165, 1.54) is 16.6 Å². The molecule has 2 nitrogen and oxygen atoms in total. The van der Waals surface area contributed by atoms with Crippen LogP contribution in [0.4, 0.5) is 0 Å². The second-order valence-electron chi connectivity index (χ2n) is 8.40. The largest absolute Gasteiger partial charge is 0.490 e. The van der Waals surface area contributed by atoms with Gasteiger partial charge in [-0.05, 0) is 57.2 Å². The molecule has 1 saturated heterocycles. The zero-order valence-corrected chi connectivity index (χ0v) is 15.7. The topological polar surface area (TPSA) is 18.5 Å². The molecule has 4 rings (SSSR count). The van der Waals surface area contributed by atoms with Gasteiger partial charge in [0.2, 0.25) is 0 Å². The quantitative estimate of drug-likeness (QED) is 0.653. The molecule has 25 heavy (non-hydrogen) atoms. The third-order valence-electron chi connectivity index (χ3n) is 6.25. The lowest BCUT2D eigenvalue weighted by Crippen LogP contribution is -2.41. The van der Waals surface area contributed by atoms with E-state index in [0.717, 1.165) is 12.8 Å². The van der Waals surface area contributed by atoms with Crippen molar-refractivity contribution in [3.63, 3.8) is 0 Å². The molecule has 0 aromatic carbocycles. The van der Waals surface area contributed by atoms with Crippen LogP contribution < -0.4 is 0 Å².